The third-order valence-corrected chi connectivity index (χ3v) is 4.00. The fourth-order valence-electron chi connectivity index (χ4n) is 3.24. The summed E-state index contributed by atoms with van der Waals surface area (Å²) >= 11 is 0. The van der Waals surface area contributed by atoms with Crippen molar-refractivity contribution in [2.24, 2.45) is 0 Å². The second kappa shape index (κ2) is 3.39. The van der Waals surface area contributed by atoms with Gasteiger partial charge in [0.1, 0.15) is 6.54 Å². The van der Waals surface area contributed by atoms with Crippen molar-refractivity contribution in [1.82, 2.24) is 0 Å². The molecule has 17 heavy (non-hydrogen) atoms. The van der Waals surface area contributed by atoms with Crippen molar-refractivity contribution in [3.05, 3.63) is 47.8 Å². The van der Waals surface area contributed by atoms with Gasteiger partial charge in [-0.25, -0.2) is 0 Å². The van der Waals surface area contributed by atoms with Crippen molar-refractivity contribution >= 4 is 0 Å². The maximum Gasteiger partial charge on any atom is 0.281 e. The Morgan fingerprint density at radius 2 is 1.41 bits per heavy atom. The van der Waals surface area contributed by atoms with Gasteiger partial charge in [-0.1, -0.05) is 0 Å². The molecular weight excluding hydrogens is 208 g/mol. The van der Waals surface area contributed by atoms with Gasteiger partial charge in [-0.15, -0.1) is 0 Å². The first kappa shape index (κ1) is 9.34. The number of pyridine rings is 2. The molecule has 0 radical (unpaired) electrons. The largest absolute Gasteiger partial charge is 0.281 e. The lowest BCUT2D eigenvalue weighted by Crippen LogP contribution is -2.46. The lowest BCUT2D eigenvalue weighted by molar-refractivity contribution is -0.718. The molecule has 4 rings (SSSR count). The zero-order valence-electron chi connectivity index (χ0n) is 9.89. The molecule has 0 N–H and O–H groups in total. The summed E-state index contributed by atoms with van der Waals surface area (Å²) in [5, 5.41) is 0. The van der Waals surface area contributed by atoms with Gasteiger partial charge in [0, 0.05) is 36.1 Å². The zero-order valence-corrected chi connectivity index (χ0v) is 9.89. The normalized spacial score (nSPS) is 16.2. The van der Waals surface area contributed by atoms with E-state index in [1.165, 1.54) is 35.4 Å². The van der Waals surface area contributed by atoms with Crippen molar-refractivity contribution in [2.45, 2.75) is 32.4 Å². The molecule has 0 fully saturated rings. The maximum absolute atomic E-state index is 2.44. The standard InChI is InChI=1S/C15H16N2/c1-4-12-5-2-10-17-11-7-13-6-3-9-16(8-1)15(13)14(12)17/h2-3,5-6,9-10H,1,4,7-8,11H2/q+2. The molecule has 0 unspecified atom stereocenters. The summed E-state index contributed by atoms with van der Waals surface area (Å²) < 4.78 is 4.87. The van der Waals surface area contributed by atoms with Crippen molar-refractivity contribution in [3.63, 3.8) is 0 Å². The highest BCUT2D eigenvalue weighted by Gasteiger charge is 2.35. The quantitative estimate of drug-likeness (QED) is 0.598. The van der Waals surface area contributed by atoms with E-state index in [-0.39, 0.29) is 0 Å². The molecule has 0 atom stereocenters. The Kier molecular flexibility index (Phi) is 1.87. The van der Waals surface area contributed by atoms with Gasteiger partial charge in [0.15, 0.2) is 18.9 Å². The molecule has 0 amide bonds. The monoisotopic (exact) mass is 224 g/mol. The molecule has 0 bridgehead atoms. The smallest absolute Gasteiger partial charge is 0.193 e. The average molecular weight is 224 g/mol. The highest BCUT2D eigenvalue weighted by Crippen LogP contribution is 2.27. The lowest BCUT2D eigenvalue weighted by Gasteiger charge is -2.13. The van der Waals surface area contributed by atoms with E-state index in [1.54, 1.807) is 0 Å². The number of rotatable bonds is 0. The number of aromatic nitrogens is 2. The predicted octanol–water partition coefficient (Wildman–Crippen LogP) is 1.43. The minimum absolute atomic E-state index is 1.13. The molecule has 0 aliphatic carbocycles. The summed E-state index contributed by atoms with van der Waals surface area (Å²) in [5.41, 5.74) is 5.96. The van der Waals surface area contributed by atoms with E-state index < -0.39 is 0 Å². The summed E-state index contributed by atoms with van der Waals surface area (Å²) in [6, 6.07) is 8.98. The predicted molar refractivity (Wildman–Crippen MR) is 64.3 cm³/mol. The van der Waals surface area contributed by atoms with Crippen LogP contribution < -0.4 is 9.13 Å². The number of nitrogens with zero attached hydrogens (tertiary/aromatic N) is 2. The molecule has 0 aromatic carbocycles. The molecule has 2 aromatic heterocycles. The first-order valence-electron chi connectivity index (χ1n) is 6.46. The summed E-state index contributed by atoms with van der Waals surface area (Å²) in [5.74, 6) is 0. The zero-order chi connectivity index (χ0) is 11.2. The molecule has 0 spiro atoms. The summed E-state index contributed by atoms with van der Waals surface area (Å²) in [6.45, 7) is 2.28. The van der Waals surface area contributed by atoms with Crippen LogP contribution >= 0.6 is 0 Å². The minimum Gasteiger partial charge on any atom is -0.193 e. The van der Waals surface area contributed by atoms with E-state index in [1.807, 2.05) is 0 Å². The SMILES string of the molecule is c1cc2c3[n+](c1)CCCc1ccc[n+](c1-3)CC2. The van der Waals surface area contributed by atoms with Gasteiger partial charge >= 0.3 is 0 Å². The van der Waals surface area contributed by atoms with Crippen LogP contribution in [-0.2, 0) is 25.9 Å². The van der Waals surface area contributed by atoms with Crippen LogP contribution in [0.3, 0.4) is 0 Å². The van der Waals surface area contributed by atoms with E-state index in [9.17, 15) is 0 Å². The molecule has 2 nitrogen and oxygen atoms in total. The Balaban J connectivity index is 2.13. The van der Waals surface area contributed by atoms with Gasteiger partial charge in [0.05, 0.1) is 0 Å². The van der Waals surface area contributed by atoms with Gasteiger partial charge in [-0.3, -0.25) is 0 Å². The van der Waals surface area contributed by atoms with E-state index in [2.05, 4.69) is 45.8 Å². The molecule has 2 aromatic rings. The van der Waals surface area contributed by atoms with Crippen molar-refractivity contribution in [2.75, 3.05) is 0 Å². The molecular formula is C15H16N2+2. The number of hydrogen-bond acceptors (Lipinski definition) is 0. The average Bonchev–Trinajstić information content (AvgIpc) is 2.57. The van der Waals surface area contributed by atoms with Crippen LogP contribution in [0, 0.1) is 0 Å². The molecule has 4 heterocycles. The number of aryl methyl sites for hydroxylation is 4. The van der Waals surface area contributed by atoms with Gasteiger partial charge in [-0.05, 0) is 18.6 Å². The third-order valence-electron chi connectivity index (χ3n) is 4.00. The Morgan fingerprint density at radius 1 is 0.765 bits per heavy atom. The van der Waals surface area contributed by atoms with Crippen LogP contribution in [-0.4, -0.2) is 0 Å². The van der Waals surface area contributed by atoms with Gasteiger partial charge in [0.25, 0.3) is 11.4 Å². The molecule has 2 aliphatic rings. The van der Waals surface area contributed by atoms with E-state index in [0.717, 1.165) is 19.5 Å². The highest BCUT2D eigenvalue weighted by atomic mass is 15.0. The summed E-state index contributed by atoms with van der Waals surface area (Å²) in [4.78, 5) is 0. The van der Waals surface area contributed by atoms with E-state index in [0.29, 0.717) is 0 Å². The second-order valence-electron chi connectivity index (χ2n) is 5.00. The molecule has 84 valence electrons. The van der Waals surface area contributed by atoms with Crippen LogP contribution in [0.2, 0.25) is 0 Å². The Bertz CT molecular complexity index is 548. The summed E-state index contributed by atoms with van der Waals surface area (Å²) in [7, 11) is 0. The van der Waals surface area contributed by atoms with Crippen LogP contribution in [0.25, 0.3) is 11.4 Å². The Morgan fingerprint density at radius 3 is 2.18 bits per heavy atom. The maximum atomic E-state index is 2.44. The fraction of sp³-hybridized carbons (Fsp3) is 0.333. The van der Waals surface area contributed by atoms with Crippen molar-refractivity contribution in [3.8, 4) is 11.4 Å². The van der Waals surface area contributed by atoms with Crippen LogP contribution in [0.4, 0.5) is 0 Å². The molecule has 0 saturated heterocycles. The van der Waals surface area contributed by atoms with Crippen LogP contribution in [0.15, 0.2) is 36.7 Å². The van der Waals surface area contributed by atoms with Crippen LogP contribution in [0.5, 0.6) is 0 Å². The van der Waals surface area contributed by atoms with E-state index >= 15 is 0 Å². The van der Waals surface area contributed by atoms with Crippen molar-refractivity contribution < 1.29 is 9.13 Å². The fourth-order valence-corrected chi connectivity index (χ4v) is 3.24. The van der Waals surface area contributed by atoms with Gasteiger partial charge in [-0.2, -0.15) is 9.13 Å². The van der Waals surface area contributed by atoms with Crippen molar-refractivity contribution in [1.29, 1.82) is 0 Å². The number of hydrogen-bond donors (Lipinski definition) is 0. The second-order valence-corrected chi connectivity index (χ2v) is 5.00. The van der Waals surface area contributed by atoms with E-state index in [4.69, 9.17) is 0 Å². The first-order valence-corrected chi connectivity index (χ1v) is 6.46. The lowest BCUT2D eigenvalue weighted by atomic mass is 9.98. The third kappa shape index (κ3) is 1.27. The first-order chi connectivity index (χ1) is 8.43. The van der Waals surface area contributed by atoms with Gasteiger partial charge < -0.3 is 0 Å². The molecule has 2 aliphatic heterocycles. The highest BCUT2D eigenvalue weighted by molar-refractivity contribution is 5.58. The Labute approximate surface area is 101 Å². The molecule has 2 heteroatoms. The van der Waals surface area contributed by atoms with Crippen LogP contribution in [0.1, 0.15) is 17.5 Å². The minimum atomic E-state index is 1.13. The topological polar surface area (TPSA) is 7.76 Å². The summed E-state index contributed by atoms with van der Waals surface area (Å²) in [6.07, 6.45) is 8.08. The van der Waals surface area contributed by atoms with Gasteiger partial charge in [0.2, 0.25) is 0 Å². The Hall–Kier alpha value is -1.70. The molecule has 0 saturated carbocycles.